The minimum atomic E-state index is -3.73. The Morgan fingerprint density at radius 1 is 0.967 bits per heavy atom. The fourth-order valence-electron chi connectivity index (χ4n) is 3.20. The van der Waals surface area contributed by atoms with Gasteiger partial charge in [0.2, 0.25) is 5.91 Å². The quantitative estimate of drug-likeness (QED) is 0.606. The molecule has 0 bridgehead atoms. The summed E-state index contributed by atoms with van der Waals surface area (Å²) in [4.78, 5) is 26.3. The van der Waals surface area contributed by atoms with Gasteiger partial charge in [0.15, 0.2) is 0 Å². The molecule has 0 spiro atoms. The lowest BCUT2D eigenvalue weighted by Crippen LogP contribution is -2.23. The van der Waals surface area contributed by atoms with Crippen LogP contribution in [0.1, 0.15) is 23.2 Å². The van der Waals surface area contributed by atoms with Gasteiger partial charge in [0.25, 0.3) is 15.9 Å². The lowest BCUT2D eigenvalue weighted by Gasteiger charge is -2.16. The first kappa shape index (κ1) is 20.1. The maximum Gasteiger partial charge on any atom is 0.271 e. The highest BCUT2D eigenvalue weighted by atomic mass is 32.2. The molecule has 7 nitrogen and oxygen atoms in total. The van der Waals surface area contributed by atoms with Crippen LogP contribution in [0.15, 0.2) is 70.3 Å². The lowest BCUT2D eigenvalue weighted by molar-refractivity contribution is -0.117. The van der Waals surface area contributed by atoms with Crippen LogP contribution in [0, 0.1) is 0 Å². The molecule has 0 atom stereocenters. The largest absolute Gasteiger partial charge is 0.320 e. The molecule has 2 heterocycles. The summed E-state index contributed by atoms with van der Waals surface area (Å²) < 4.78 is 27.7. The second kappa shape index (κ2) is 8.29. The molecule has 9 heteroatoms. The number of rotatable bonds is 6. The van der Waals surface area contributed by atoms with E-state index in [0.717, 1.165) is 23.4 Å². The third-order valence-electron chi connectivity index (χ3n) is 4.69. The summed E-state index contributed by atoms with van der Waals surface area (Å²) in [5.74, 6) is -0.295. The molecule has 2 amide bonds. The third kappa shape index (κ3) is 4.22. The minimum Gasteiger partial charge on any atom is -0.320 e. The molecule has 0 unspecified atom stereocenters. The van der Waals surface area contributed by atoms with Gasteiger partial charge in [-0.25, -0.2) is 8.42 Å². The predicted molar refractivity (Wildman–Crippen MR) is 118 cm³/mol. The second-order valence-electron chi connectivity index (χ2n) is 6.73. The van der Waals surface area contributed by atoms with Crippen molar-refractivity contribution in [2.45, 2.75) is 17.1 Å². The van der Waals surface area contributed by atoms with Crippen molar-refractivity contribution in [3.8, 4) is 0 Å². The van der Waals surface area contributed by atoms with Gasteiger partial charge in [-0.3, -0.25) is 14.3 Å². The number of nitrogens with zero attached hydrogens (tertiary/aromatic N) is 1. The lowest BCUT2D eigenvalue weighted by atomic mass is 10.1. The maximum absolute atomic E-state index is 12.7. The number of sulfonamides is 1. The van der Waals surface area contributed by atoms with Gasteiger partial charge in [-0.2, -0.15) is 0 Å². The van der Waals surface area contributed by atoms with Crippen LogP contribution in [0.25, 0.3) is 0 Å². The average Bonchev–Trinajstić information content (AvgIpc) is 3.42. The third-order valence-corrected chi connectivity index (χ3v) is 7.46. The van der Waals surface area contributed by atoms with Gasteiger partial charge in [0, 0.05) is 24.2 Å². The molecule has 1 aromatic heterocycles. The summed E-state index contributed by atoms with van der Waals surface area (Å²) >= 11 is 1.11. The molecule has 2 N–H and O–H groups in total. The number of thiophene rings is 1. The van der Waals surface area contributed by atoms with Crippen molar-refractivity contribution < 1.29 is 18.0 Å². The summed E-state index contributed by atoms with van der Waals surface area (Å²) in [6.07, 6.45) is 1.37. The predicted octanol–water partition coefficient (Wildman–Crippen LogP) is 3.93. The highest BCUT2D eigenvalue weighted by Gasteiger charge is 2.22. The molecule has 1 aliphatic heterocycles. The number of para-hydroxylation sites is 2. The van der Waals surface area contributed by atoms with Crippen molar-refractivity contribution in [3.05, 3.63) is 71.6 Å². The normalized spacial score (nSPS) is 14.0. The Morgan fingerprint density at radius 2 is 1.70 bits per heavy atom. The van der Waals surface area contributed by atoms with Crippen molar-refractivity contribution in [1.82, 2.24) is 0 Å². The molecule has 2 aromatic carbocycles. The monoisotopic (exact) mass is 441 g/mol. The second-order valence-corrected chi connectivity index (χ2v) is 9.59. The fraction of sp³-hybridized carbons (Fsp3) is 0.143. The zero-order chi connectivity index (χ0) is 21.1. The van der Waals surface area contributed by atoms with E-state index in [4.69, 9.17) is 0 Å². The summed E-state index contributed by atoms with van der Waals surface area (Å²) in [6.45, 7) is 0.683. The highest BCUT2D eigenvalue weighted by molar-refractivity contribution is 7.94. The van der Waals surface area contributed by atoms with Gasteiger partial charge in [0.1, 0.15) is 4.21 Å². The van der Waals surface area contributed by atoms with Crippen molar-refractivity contribution in [3.63, 3.8) is 0 Å². The Labute approximate surface area is 178 Å². The molecule has 154 valence electrons. The molecule has 4 rings (SSSR count). The first-order chi connectivity index (χ1) is 14.4. The Morgan fingerprint density at radius 3 is 2.33 bits per heavy atom. The molecule has 3 aromatic rings. The molecule has 30 heavy (non-hydrogen) atoms. The summed E-state index contributed by atoms with van der Waals surface area (Å²) in [7, 11) is -3.73. The SMILES string of the molecule is O=C(Nc1ccccc1NS(=O)(=O)c1cccs1)c1ccc(N2CCCC2=O)cc1. The van der Waals surface area contributed by atoms with Gasteiger partial charge < -0.3 is 10.2 Å². The van der Waals surface area contributed by atoms with E-state index in [1.807, 2.05) is 0 Å². The number of hydrogen-bond donors (Lipinski definition) is 2. The number of nitrogens with one attached hydrogen (secondary N) is 2. The Bertz CT molecular complexity index is 1170. The van der Waals surface area contributed by atoms with E-state index in [1.165, 1.54) is 6.07 Å². The molecule has 1 aliphatic rings. The van der Waals surface area contributed by atoms with Crippen LogP contribution in [-0.4, -0.2) is 26.8 Å². The van der Waals surface area contributed by atoms with Crippen LogP contribution in [0.5, 0.6) is 0 Å². The van der Waals surface area contributed by atoms with Crippen molar-refractivity contribution >= 4 is 50.2 Å². The molecular formula is C21H19N3O4S2. The van der Waals surface area contributed by atoms with Gasteiger partial charge in [0.05, 0.1) is 11.4 Å². The van der Waals surface area contributed by atoms with E-state index in [0.29, 0.717) is 24.2 Å². The van der Waals surface area contributed by atoms with Gasteiger partial charge in [-0.15, -0.1) is 11.3 Å². The molecule has 1 fully saturated rings. The standard InChI is InChI=1S/C21H19N3O4S2/c25-19-7-3-13-24(19)16-11-9-15(10-12-16)21(26)22-17-5-1-2-6-18(17)23-30(27,28)20-8-4-14-29-20/h1-2,4-6,8-12,14,23H,3,7,13H2,(H,22,26). The molecule has 0 radical (unpaired) electrons. The van der Waals surface area contributed by atoms with Crippen LogP contribution in [0.3, 0.4) is 0 Å². The van der Waals surface area contributed by atoms with E-state index < -0.39 is 10.0 Å². The van der Waals surface area contributed by atoms with E-state index in [2.05, 4.69) is 10.0 Å². The van der Waals surface area contributed by atoms with Crippen LogP contribution < -0.4 is 14.9 Å². The van der Waals surface area contributed by atoms with Gasteiger partial charge in [-0.1, -0.05) is 18.2 Å². The first-order valence-electron chi connectivity index (χ1n) is 9.31. The number of benzene rings is 2. The van der Waals surface area contributed by atoms with E-state index in [-0.39, 0.29) is 21.7 Å². The van der Waals surface area contributed by atoms with E-state index in [1.54, 1.807) is 64.9 Å². The number of carbonyl (C=O) groups excluding carboxylic acids is 2. The number of anilines is 3. The maximum atomic E-state index is 12.7. The van der Waals surface area contributed by atoms with Crippen molar-refractivity contribution in [2.24, 2.45) is 0 Å². The van der Waals surface area contributed by atoms with E-state index >= 15 is 0 Å². The zero-order valence-electron chi connectivity index (χ0n) is 15.9. The summed E-state index contributed by atoms with van der Waals surface area (Å²) in [5, 5.41) is 4.43. The van der Waals surface area contributed by atoms with E-state index in [9.17, 15) is 18.0 Å². The summed E-state index contributed by atoms with van der Waals surface area (Å²) in [5.41, 5.74) is 1.79. The van der Waals surface area contributed by atoms with Crippen molar-refractivity contribution in [1.29, 1.82) is 0 Å². The van der Waals surface area contributed by atoms with Gasteiger partial charge in [-0.05, 0) is 54.3 Å². The van der Waals surface area contributed by atoms with Crippen molar-refractivity contribution in [2.75, 3.05) is 21.5 Å². The Balaban J connectivity index is 1.51. The Hall–Kier alpha value is -3.17. The van der Waals surface area contributed by atoms with Crippen LogP contribution in [0.4, 0.5) is 17.1 Å². The highest BCUT2D eigenvalue weighted by Crippen LogP contribution is 2.27. The average molecular weight is 442 g/mol. The number of amides is 2. The molecule has 0 saturated carbocycles. The smallest absolute Gasteiger partial charge is 0.271 e. The minimum absolute atomic E-state index is 0.0825. The molecular weight excluding hydrogens is 422 g/mol. The topological polar surface area (TPSA) is 95.6 Å². The fourth-order valence-corrected chi connectivity index (χ4v) is 5.27. The van der Waals surface area contributed by atoms with Crippen LogP contribution in [-0.2, 0) is 14.8 Å². The number of carbonyl (C=O) groups is 2. The summed E-state index contributed by atoms with van der Waals surface area (Å²) in [6, 6.07) is 16.6. The Kier molecular flexibility index (Phi) is 5.56. The molecule has 1 saturated heterocycles. The molecule has 0 aliphatic carbocycles. The number of hydrogen-bond acceptors (Lipinski definition) is 5. The van der Waals surface area contributed by atoms with Gasteiger partial charge >= 0.3 is 0 Å². The van der Waals surface area contributed by atoms with Crippen LogP contribution >= 0.6 is 11.3 Å². The van der Waals surface area contributed by atoms with Crippen LogP contribution in [0.2, 0.25) is 0 Å². The first-order valence-corrected chi connectivity index (χ1v) is 11.7. The zero-order valence-corrected chi connectivity index (χ0v) is 17.5.